The van der Waals surface area contributed by atoms with Gasteiger partial charge in [0.1, 0.15) is 0 Å². The summed E-state index contributed by atoms with van der Waals surface area (Å²) in [4.78, 5) is 16.6. The fourth-order valence-electron chi connectivity index (χ4n) is 1.94. The van der Waals surface area contributed by atoms with Gasteiger partial charge in [0.2, 0.25) is 0 Å². The van der Waals surface area contributed by atoms with Crippen LogP contribution in [-0.2, 0) is 0 Å². The molecule has 0 aliphatic rings. The molecule has 0 radical (unpaired) electrons. The monoisotopic (exact) mass is 269 g/mol. The summed E-state index contributed by atoms with van der Waals surface area (Å²) in [6, 6.07) is 12.4. The average Bonchev–Trinajstić information content (AvgIpc) is 2.77. The molecule has 4 N–H and O–H groups in total. The lowest BCUT2D eigenvalue weighted by Gasteiger charge is -2.04. The molecule has 0 atom stereocenters. The van der Waals surface area contributed by atoms with Crippen LogP contribution in [0.3, 0.4) is 0 Å². The number of nitrogens with two attached hydrogens (primary N) is 2. The Balaban J connectivity index is 2.09. The number of rotatable bonds is 2. The summed E-state index contributed by atoms with van der Waals surface area (Å²) in [5.41, 5.74) is 13.9. The first-order chi connectivity index (χ1) is 9.15. The number of hydrogen-bond donors (Lipinski definition) is 2. The van der Waals surface area contributed by atoms with Gasteiger partial charge in [0.25, 0.3) is 0 Å². The van der Waals surface area contributed by atoms with Crippen molar-refractivity contribution in [2.75, 3.05) is 11.5 Å². The number of carbonyl (C=O) groups excluding carboxylic acids is 1. The highest BCUT2D eigenvalue weighted by Gasteiger charge is 2.13. The second kappa shape index (κ2) is 4.37. The number of aromatic nitrogens is 1. The van der Waals surface area contributed by atoms with E-state index in [1.807, 2.05) is 0 Å². The van der Waals surface area contributed by atoms with Gasteiger partial charge in [-0.2, -0.15) is 0 Å². The van der Waals surface area contributed by atoms with Crippen molar-refractivity contribution in [1.82, 2.24) is 4.98 Å². The third-order valence-electron chi connectivity index (χ3n) is 2.87. The Morgan fingerprint density at radius 2 is 1.89 bits per heavy atom. The third kappa shape index (κ3) is 2.04. The number of thiazole rings is 1. The molecule has 0 aliphatic heterocycles. The minimum absolute atomic E-state index is 0.0908. The zero-order valence-corrected chi connectivity index (χ0v) is 10.8. The molecule has 0 amide bonds. The van der Waals surface area contributed by atoms with E-state index in [4.69, 9.17) is 11.5 Å². The Bertz CT molecular complexity index is 779. The molecular formula is C14H11N3OS. The van der Waals surface area contributed by atoms with Crippen molar-refractivity contribution in [2.24, 2.45) is 0 Å². The molecule has 0 fully saturated rings. The molecule has 2 aromatic carbocycles. The summed E-state index contributed by atoms with van der Waals surface area (Å²) in [5, 5.41) is 0.499. The molecule has 3 aromatic rings. The van der Waals surface area contributed by atoms with Crippen molar-refractivity contribution in [2.45, 2.75) is 0 Å². The van der Waals surface area contributed by atoms with E-state index in [9.17, 15) is 4.79 Å². The minimum atomic E-state index is -0.0908. The van der Waals surface area contributed by atoms with Gasteiger partial charge in [0.15, 0.2) is 10.9 Å². The molecule has 94 valence electrons. The highest BCUT2D eigenvalue weighted by atomic mass is 32.1. The smallest absolute Gasteiger partial charge is 0.195 e. The van der Waals surface area contributed by atoms with Gasteiger partial charge in [-0.25, -0.2) is 4.98 Å². The van der Waals surface area contributed by atoms with E-state index < -0.39 is 0 Å². The lowest BCUT2D eigenvalue weighted by atomic mass is 10.0. The number of hydrogen-bond acceptors (Lipinski definition) is 5. The normalized spacial score (nSPS) is 10.7. The SMILES string of the molecule is Nc1nc2ccc(C(=O)c3ccccc3N)cc2s1. The number of nitrogen functional groups attached to an aromatic ring is 2. The molecule has 0 spiro atoms. The van der Waals surface area contributed by atoms with E-state index in [0.29, 0.717) is 21.9 Å². The van der Waals surface area contributed by atoms with Crippen molar-refractivity contribution in [3.8, 4) is 0 Å². The quantitative estimate of drug-likeness (QED) is 0.553. The lowest BCUT2D eigenvalue weighted by Crippen LogP contribution is -2.04. The van der Waals surface area contributed by atoms with Crippen LogP contribution in [0.1, 0.15) is 15.9 Å². The fourth-order valence-corrected chi connectivity index (χ4v) is 2.72. The molecule has 5 heteroatoms. The van der Waals surface area contributed by atoms with Gasteiger partial charge in [0.05, 0.1) is 10.2 Å². The van der Waals surface area contributed by atoms with Crippen molar-refractivity contribution in [3.63, 3.8) is 0 Å². The second-order valence-electron chi connectivity index (χ2n) is 4.15. The van der Waals surface area contributed by atoms with Gasteiger partial charge in [-0.3, -0.25) is 4.79 Å². The molecule has 0 saturated heterocycles. The topological polar surface area (TPSA) is 82.0 Å². The number of carbonyl (C=O) groups is 1. The van der Waals surface area contributed by atoms with Gasteiger partial charge in [-0.1, -0.05) is 23.5 Å². The maximum atomic E-state index is 12.4. The summed E-state index contributed by atoms with van der Waals surface area (Å²) < 4.78 is 0.901. The van der Waals surface area contributed by atoms with Gasteiger partial charge in [-0.05, 0) is 30.3 Å². The van der Waals surface area contributed by atoms with E-state index in [0.717, 1.165) is 10.2 Å². The molecule has 0 aliphatic carbocycles. The summed E-state index contributed by atoms with van der Waals surface area (Å²) in [6.45, 7) is 0. The maximum Gasteiger partial charge on any atom is 0.195 e. The average molecular weight is 269 g/mol. The van der Waals surface area contributed by atoms with Crippen LogP contribution >= 0.6 is 11.3 Å². The summed E-state index contributed by atoms with van der Waals surface area (Å²) >= 11 is 1.37. The van der Waals surface area contributed by atoms with Gasteiger partial charge in [-0.15, -0.1) is 0 Å². The van der Waals surface area contributed by atoms with Gasteiger partial charge >= 0.3 is 0 Å². The fraction of sp³-hybridized carbons (Fsp3) is 0. The van der Waals surface area contributed by atoms with E-state index in [-0.39, 0.29) is 5.78 Å². The molecule has 0 unspecified atom stereocenters. The first-order valence-electron chi connectivity index (χ1n) is 5.70. The molecular weight excluding hydrogens is 258 g/mol. The number of ketones is 1. The summed E-state index contributed by atoms with van der Waals surface area (Å²) in [6.07, 6.45) is 0. The Hall–Kier alpha value is -2.40. The van der Waals surface area contributed by atoms with E-state index in [1.54, 1.807) is 42.5 Å². The van der Waals surface area contributed by atoms with Crippen molar-refractivity contribution >= 4 is 38.2 Å². The van der Waals surface area contributed by atoms with Crippen LogP contribution in [0.5, 0.6) is 0 Å². The van der Waals surface area contributed by atoms with Crippen LogP contribution < -0.4 is 11.5 Å². The summed E-state index contributed by atoms with van der Waals surface area (Å²) in [7, 11) is 0. The Morgan fingerprint density at radius 3 is 2.68 bits per heavy atom. The van der Waals surface area contributed by atoms with Crippen molar-refractivity contribution in [3.05, 3.63) is 53.6 Å². The van der Waals surface area contributed by atoms with Crippen molar-refractivity contribution < 1.29 is 4.79 Å². The first-order valence-corrected chi connectivity index (χ1v) is 6.52. The number of para-hydroxylation sites is 1. The Kier molecular flexibility index (Phi) is 2.68. The second-order valence-corrected chi connectivity index (χ2v) is 5.21. The van der Waals surface area contributed by atoms with Crippen LogP contribution in [0.2, 0.25) is 0 Å². The first kappa shape index (κ1) is 11.7. The van der Waals surface area contributed by atoms with Crippen LogP contribution in [0.15, 0.2) is 42.5 Å². The predicted molar refractivity (Wildman–Crippen MR) is 78.3 cm³/mol. The van der Waals surface area contributed by atoms with Gasteiger partial charge in [0, 0.05) is 16.8 Å². The highest BCUT2D eigenvalue weighted by molar-refractivity contribution is 7.22. The van der Waals surface area contributed by atoms with Crippen LogP contribution in [0.4, 0.5) is 10.8 Å². The molecule has 0 saturated carbocycles. The highest BCUT2D eigenvalue weighted by Crippen LogP contribution is 2.26. The maximum absolute atomic E-state index is 12.4. The molecule has 19 heavy (non-hydrogen) atoms. The Labute approximate surface area is 113 Å². The molecule has 4 nitrogen and oxygen atoms in total. The standard InChI is InChI=1S/C14H11N3OS/c15-10-4-2-1-3-9(10)13(18)8-5-6-11-12(7-8)19-14(16)17-11/h1-7H,15H2,(H2,16,17). The van der Waals surface area contributed by atoms with Crippen LogP contribution in [-0.4, -0.2) is 10.8 Å². The molecule has 1 heterocycles. The number of nitrogens with zero attached hydrogens (tertiary/aromatic N) is 1. The molecule has 0 bridgehead atoms. The van der Waals surface area contributed by atoms with Gasteiger partial charge < -0.3 is 11.5 Å². The van der Waals surface area contributed by atoms with E-state index in [2.05, 4.69) is 4.98 Å². The van der Waals surface area contributed by atoms with Crippen LogP contribution in [0, 0.1) is 0 Å². The lowest BCUT2D eigenvalue weighted by molar-refractivity contribution is 0.103. The zero-order valence-electron chi connectivity index (χ0n) is 9.96. The van der Waals surface area contributed by atoms with Crippen molar-refractivity contribution in [1.29, 1.82) is 0 Å². The predicted octanol–water partition coefficient (Wildman–Crippen LogP) is 2.69. The number of fused-ring (bicyclic) bond motifs is 1. The summed E-state index contributed by atoms with van der Waals surface area (Å²) in [5.74, 6) is -0.0908. The van der Waals surface area contributed by atoms with Crippen LogP contribution in [0.25, 0.3) is 10.2 Å². The zero-order chi connectivity index (χ0) is 13.4. The van der Waals surface area contributed by atoms with E-state index in [1.165, 1.54) is 11.3 Å². The Morgan fingerprint density at radius 1 is 1.11 bits per heavy atom. The third-order valence-corrected chi connectivity index (χ3v) is 3.72. The number of benzene rings is 2. The molecule has 1 aromatic heterocycles. The number of anilines is 2. The molecule has 3 rings (SSSR count). The van der Waals surface area contributed by atoms with E-state index >= 15 is 0 Å². The minimum Gasteiger partial charge on any atom is -0.398 e. The largest absolute Gasteiger partial charge is 0.398 e.